The average Bonchev–Trinajstić information content (AvgIpc) is 2.48. The SMILES string of the molecule is CCOc1ccccc1NC(=O)CCc1cccc(Cl)c1. The van der Waals surface area contributed by atoms with E-state index in [4.69, 9.17) is 16.3 Å². The lowest BCUT2D eigenvalue weighted by molar-refractivity contribution is -0.116. The highest BCUT2D eigenvalue weighted by Crippen LogP contribution is 2.24. The van der Waals surface area contributed by atoms with E-state index in [-0.39, 0.29) is 5.91 Å². The quantitative estimate of drug-likeness (QED) is 0.863. The summed E-state index contributed by atoms with van der Waals surface area (Å²) in [5, 5.41) is 3.57. The molecule has 0 saturated heterocycles. The second kappa shape index (κ2) is 7.70. The van der Waals surface area contributed by atoms with Gasteiger partial charge in [0.1, 0.15) is 5.75 Å². The van der Waals surface area contributed by atoms with Crippen molar-refractivity contribution in [2.45, 2.75) is 19.8 Å². The molecule has 0 spiro atoms. The van der Waals surface area contributed by atoms with Gasteiger partial charge in [0, 0.05) is 11.4 Å². The molecule has 0 fully saturated rings. The fourth-order valence-electron chi connectivity index (χ4n) is 2.01. The number of carbonyl (C=O) groups is 1. The van der Waals surface area contributed by atoms with Crippen LogP contribution in [0.2, 0.25) is 5.02 Å². The number of hydrogen-bond donors (Lipinski definition) is 1. The Bertz CT molecular complexity index is 613. The molecular formula is C17H18ClNO2. The lowest BCUT2D eigenvalue weighted by atomic mass is 10.1. The molecule has 0 radical (unpaired) electrons. The Morgan fingerprint density at radius 3 is 2.76 bits per heavy atom. The third kappa shape index (κ3) is 4.80. The number of anilines is 1. The van der Waals surface area contributed by atoms with Gasteiger partial charge in [-0.25, -0.2) is 0 Å². The Balaban J connectivity index is 1.93. The van der Waals surface area contributed by atoms with E-state index in [0.29, 0.717) is 35.9 Å². The third-order valence-corrected chi connectivity index (χ3v) is 3.23. The maximum Gasteiger partial charge on any atom is 0.224 e. The molecule has 0 aliphatic carbocycles. The van der Waals surface area contributed by atoms with Gasteiger partial charge in [0.2, 0.25) is 5.91 Å². The van der Waals surface area contributed by atoms with E-state index in [1.807, 2.05) is 55.5 Å². The largest absolute Gasteiger partial charge is 0.492 e. The molecule has 2 aromatic rings. The molecule has 2 rings (SSSR count). The standard InChI is InChI=1S/C17H18ClNO2/c1-2-21-16-9-4-3-8-15(16)19-17(20)11-10-13-6-5-7-14(18)12-13/h3-9,12H,2,10-11H2,1H3,(H,19,20). The number of para-hydroxylation sites is 2. The van der Waals surface area contributed by atoms with Gasteiger partial charge in [0.25, 0.3) is 0 Å². The van der Waals surface area contributed by atoms with Crippen molar-refractivity contribution in [1.82, 2.24) is 0 Å². The van der Waals surface area contributed by atoms with E-state index < -0.39 is 0 Å². The molecule has 0 atom stereocenters. The molecule has 110 valence electrons. The minimum absolute atomic E-state index is 0.0397. The monoisotopic (exact) mass is 303 g/mol. The van der Waals surface area contributed by atoms with Gasteiger partial charge in [0.05, 0.1) is 12.3 Å². The van der Waals surface area contributed by atoms with Crippen molar-refractivity contribution < 1.29 is 9.53 Å². The molecule has 0 aliphatic heterocycles. The van der Waals surface area contributed by atoms with Crippen molar-refractivity contribution >= 4 is 23.2 Å². The number of aryl methyl sites for hydroxylation is 1. The van der Waals surface area contributed by atoms with Crippen molar-refractivity contribution in [3.8, 4) is 5.75 Å². The Morgan fingerprint density at radius 2 is 2.00 bits per heavy atom. The summed E-state index contributed by atoms with van der Waals surface area (Å²) in [4.78, 5) is 12.0. The summed E-state index contributed by atoms with van der Waals surface area (Å²) in [7, 11) is 0. The molecule has 0 heterocycles. The van der Waals surface area contributed by atoms with Crippen LogP contribution < -0.4 is 10.1 Å². The lowest BCUT2D eigenvalue weighted by Crippen LogP contribution is -2.13. The number of amides is 1. The van der Waals surface area contributed by atoms with Gasteiger partial charge < -0.3 is 10.1 Å². The first-order chi connectivity index (χ1) is 10.2. The summed E-state index contributed by atoms with van der Waals surface area (Å²) in [5.41, 5.74) is 1.76. The van der Waals surface area contributed by atoms with Gasteiger partial charge in [0.15, 0.2) is 0 Å². The highest BCUT2D eigenvalue weighted by molar-refractivity contribution is 6.30. The summed E-state index contributed by atoms with van der Waals surface area (Å²) < 4.78 is 5.48. The molecule has 4 heteroatoms. The highest BCUT2D eigenvalue weighted by Gasteiger charge is 2.07. The van der Waals surface area contributed by atoms with Gasteiger partial charge in [-0.3, -0.25) is 4.79 Å². The van der Waals surface area contributed by atoms with Crippen LogP contribution in [0.5, 0.6) is 5.75 Å². The molecule has 21 heavy (non-hydrogen) atoms. The van der Waals surface area contributed by atoms with Crippen LogP contribution in [0.3, 0.4) is 0 Å². The second-order valence-electron chi connectivity index (χ2n) is 4.61. The Labute approximate surface area is 129 Å². The van der Waals surface area contributed by atoms with Gasteiger partial charge in [-0.15, -0.1) is 0 Å². The summed E-state index contributed by atoms with van der Waals surface area (Å²) in [6.45, 7) is 2.48. The summed E-state index contributed by atoms with van der Waals surface area (Å²) in [6.07, 6.45) is 1.06. The highest BCUT2D eigenvalue weighted by atomic mass is 35.5. The number of benzene rings is 2. The predicted octanol–water partition coefficient (Wildman–Crippen LogP) is 4.31. The van der Waals surface area contributed by atoms with Crippen LogP contribution in [0.4, 0.5) is 5.69 Å². The molecule has 3 nitrogen and oxygen atoms in total. The number of hydrogen-bond acceptors (Lipinski definition) is 2. The van der Waals surface area contributed by atoms with Crippen LogP contribution in [0.25, 0.3) is 0 Å². The van der Waals surface area contributed by atoms with Crippen molar-refractivity contribution in [1.29, 1.82) is 0 Å². The van der Waals surface area contributed by atoms with Crippen LogP contribution >= 0.6 is 11.6 Å². The van der Waals surface area contributed by atoms with E-state index in [1.165, 1.54) is 0 Å². The zero-order valence-corrected chi connectivity index (χ0v) is 12.7. The van der Waals surface area contributed by atoms with Crippen molar-refractivity contribution in [2.24, 2.45) is 0 Å². The zero-order valence-electron chi connectivity index (χ0n) is 11.9. The molecular weight excluding hydrogens is 286 g/mol. The van der Waals surface area contributed by atoms with E-state index in [0.717, 1.165) is 5.56 Å². The van der Waals surface area contributed by atoms with Crippen molar-refractivity contribution in [3.63, 3.8) is 0 Å². The molecule has 0 aliphatic rings. The minimum atomic E-state index is -0.0397. The average molecular weight is 304 g/mol. The van der Waals surface area contributed by atoms with Crippen LogP contribution in [-0.4, -0.2) is 12.5 Å². The third-order valence-electron chi connectivity index (χ3n) is 2.99. The fourth-order valence-corrected chi connectivity index (χ4v) is 2.23. The Hall–Kier alpha value is -2.00. The minimum Gasteiger partial charge on any atom is -0.492 e. The zero-order chi connectivity index (χ0) is 15.1. The molecule has 1 N–H and O–H groups in total. The van der Waals surface area contributed by atoms with Gasteiger partial charge in [-0.1, -0.05) is 35.9 Å². The summed E-state index contributed by atoms with van der Waals surface area (Å²) in [6, 6.07) is 15.0. The Kier molecular flexibility index (Phi) is 5.64. The number of rotatable bonds is 6. The summed E-state index contributed by atoms with van der Waals surface area (Å²) >= 11 is 5.93. The summed E-state index contributed by atoms with van der Waals surface area (Å²) in [5.74, 6) is 0.651. The fraction of sp³-hybridized carbons (Fsp3) is 0.235. The number of halogens is 1. The maximum absolute atomic E-state index is 12.0. The topological polar surface area (TPSA) is 38.3 Å². The molecule has 1 amide bonds. The number of carbonyl (C=O) groups excluding carboxylic acids is 1. The number of nitrogens with one attached hydrogen (secondary N) is 1. The Morgan fingerprint density at radius 1 is 1.19 bits per heavy atom. The van der Waals surface area contributed by atoms with Crippen molar-refractivity contribution in [2.75, 3.05) is 11.9 Å². The molecule has 2 aromatic carbocycles. The van der Waals surface area contributed by atoms with Crippen LogP contribution in [0, 0.1) is 0 Å². The molecule has 0 aromatic heterocycles. The van der Waals surface area contributed by atoms with Crippen LogP contribution in [0.1, 0.15) is 18.9 Å². The first-order valence-corrected chi connectivity index (χ1v) is 7.33. The number of ether oxygens (including phenoxy) is 1. The predicted molar refractivity (Wildman–Crippen MR) is 86.0 cm³/mol. The molecule has 0 bridgehead atoms. The normalized spacial score (nSPS) is 10.2. The molecule has 0 unspecified atom stereocenters. The van der Waals surface area contributed by atoms with Gasteiger partial charge >= 0.3 is 0 Å². The second-order valence-corrected chi connectivity index (χ2v) is 5.04. The first-order valence-electron chi connectivity index (χ1n) is 6.95. The van der Waals surface area contributed by atoms with E-state index in [1.54, 1.807) is 0 Å². The van der Waals surface area contributed by atoms with E-state index >= 15 is 0 Å². The van der Waals surface area contributed by atoms with E-state index in [2.05, 4.69) is 5.32 Å². The van der Waals surface area contributed by atoms with E-state index in [9.17, 15) is 4.79 Å². The smallest absolute Gasteiger partial charge is 0.224 e. The van der Waals surface area contributed by atoms with Gasteiger partial charge in [-0.2, -0.15) is 0 Å². The lowest BCUT2D eigenvalue weighted by Gasteiger charge is -2.11. The molecule has 0 saturated carbocycles. The van der Waals surface area contributed by atoms with Crippen LogP contribution in [0.15, 0.2) is 48.5 Å². The van der Waals surface area contributed by atoms with Gasteiger partial charge in [-0.05, 0) is 43.2 Å². The maximum atomic E-state index is 12.0. The first kappa shape index (κ1) is 15.4. The van der Waals surface area contributed by atoms with Crippen molar-refractivity contribution in [3.05, 3.63) is 59.1 Å². The van der Waals surface area contributed by atoms with Crippen LogP contribution in [-0.2, 0) is 11.2 Å².